The number of aryl methyl sites for hydroxylation is 2. The molecular formula is C54H51N3. The molecule has 0 bridgehead atoms. The Morgan fingerprint density at radius 2 is 1.39 bits per heavy atom. The van der Waals surface area contributed by atoms with Gasteiger partial charge in [0, 0.05) is 40.2 Å². The summed E-state index contributed by atoms with van der Waals surface area (Å²) in [6.45, 7) is 14.9. The van der Waals surface area contributed by atoms with Gasteiger partial charge in [-0.15, -0.1) is 0 Å². The Labute approximate surface area is 338 Å². The molecule has 0 unspecified atom stereocenters. The molecule has 1 aromatic heterocycles. The van der Waals surface area contributed by atoms with E-state index in [1.807, 2.05) is 38.3 Å². The van der Waals surface area contributed by atoms with Crippen molar-refractivity contribution in [3.05, 3.63) is 214 Å². The molecule has 0 radical (unpaired) electrons. The van der Waals surface area contributed by atoms with E-state index in [0.717, 1.165) is 40.9 Å². The van der Waals surface area contributed by atoms with Crippen molar-refractivity contribution in [2.45, 2.75) is 54.0 Å². The molecule has 9 rings (SSSR count). The fourth-order valence-electron chi connectivity index (χ4n) is 7.88. The van der Waals surface area contributed by atoms with E-state index >= 15 is 0 Å². The number of hydrogen-bond donors (Lipinski definition) is 0. The molecule has 3 nitrogen and oxygen atoms in total. The molecule has 2 aliphatic carbocycles. The van der Waals surface area contributed by atoms with Crippen molar-refractivity contribution in [3.63, 3.8) is 0 Å². The van der Waals surface area contributed by atoms with Crippen LogP contribution >= 0.6 is 0 Å². The third-order valence-electron chi connectivity index (χ3n) is 10.7. The summed E-state index contributed by atoms with van der Waals surface area (Å²) in [6.07, 6.45) is 10.7. The number of fused-ring (bicyclic) bond motifs is 4. The van der Waals surface area contributed by atoms with E-state index in [4.69, 9.17) is 4.99 Å². The van der Waals surface area contributed by atoms with Crippen LogP contribution in [-0.2, 0) is 13.0 Å². The van der Waals surface area contributed by atoms with Gasteiger partial charge in [0.2, 0.25) is 0 Å². The standard InChI is InChI=1S/C45H37N3.C7H8.C2H6/c1-30-11-4-6-15-38(30)39-23-21-33(20-19-31(39)2)34-22-24-42-41-17-8-9-18-43(41)48(44(42)27-34)37-14-10-12-32(25-37)28-47-29-36-26-35-13-5-7-16-40(35)45(36)46-3;1-7-5-3-2-4-6-7;1-2/h4-22,24-25,27,29H,3,23,26,28H2,1-2H3;2-6H,1H3;1-2H3. The molecule has 6 aromatic carbocycles. The number of allylic oxidation sites excluding steroid dienone is 7. The lowest BCUT2D eigenvalue weighted by Gasteiger charge is -2.11. The molecule has 0 N–H and O–H groups in total. The first-order valence-electron chi connectivity index (χ1n) is 20.0. The van der Waals surface area contributed by atoms with Crippen molar-refractivity contribution in [2.24, 2.45) is 9.98 Å². The van der Waals surface area contributed by atoms with Crippen LogP contribution in [0, 0.1) is 13.8 Å². The van der Waals surface area contributed by atoms with Gasteiger partial charge in [-0.3, -0.25) is 9.98 Å². The fourth-order valence-corrected chi connectivity index (χ4v) is 7.88. The first kappa shape index (κ1) is 38.7. The van der Waals surface area contributed by atoms with Crippen molar-refractivity contribution < 1.29 is 0 Å². The predicted octanol–water partition coefficient (Wildman–Crippen LogP) is 14.2. The lowest BCUT2D eigenvalue weighted by atomic mass is 9.94. The fraction of sp³-hybridized carbons (Fsp3) is 0.148. The number of aliphatic imine (C=N–C) groups is 2. The van der Waals surface area contributed by atoms with Crippen LogP contribution in [0.25, 0.3) is 44.3 Å². The van der Waals surface area contributed by atoms with Gasteiger partial charge in [0.15, 0.2) is 0 Å². The van der Waals surface area contributed by atoms with E-state index in [9.17, 15) is 0 Å². The molecule has 0 spiro atoms. The summed E-state index contributed by atoms with van der Waals surface area (Å²) in [6, 6.07) is 51.8. The Bertz CT molecular complexity index is 2710. The molecule has 0 saturated carbocycles. The molecule has 0 fully saturated rings. The smallest absolute Gasteiger partial charge is 0.0748 e. The van der Waals surface area contributed by atoms with Crippen LogP contribution < -0.4 is 0 Å². The first-order valence-corrected chi connectivity index (χ1v) is 20.0. The largest absolute Gasteiger partial charge is 0.309 e. The van der Waals surface area contributed by atoms with Crippen LogP contribution in [0.4, 0.5) is 0 Å². The Balaban J connectivity index is 0.000000494. The Morgan fingerprint density at radius 3 is 2.16 bits per heavy atom. The Morgan fingerprint density at radius 1 is 0.667 bits per heavy atom. The predicted molar refractivity (Wildman–Crippen MR) is 248 cm³/mol. The molecule has 1 heterocycles. The van der Waals surface area contributed by atoms with Crippen LogP contribution in [0.1, 0.15) is 66.1 Å². The molecule has 0 saturated heterocycles. The zero-order chi connectivity index (χ0) is 39.7. The van der Waals surface area contributed by atoms with Crippen molar-refractivity contribution in [1.29, 1.82) is 0 Å². The van der Waals surface area contributed by atoms with Gasteiger partial charge in [0.25, 0.3) is 0 Å². The highest BCUT2D eigenvalue weighted by Gasteiger charge is 2.19. The SMILES string of the molecule is C=NC1=C(C=NCc2cccc(-n3c4ccccc4c4ccc(C5=CCC(c6ccccc6C)=C(C)C=C5)cc43)c2)Cc2ccccc21.CC.Cc1ccccc1. The summed E-state index contributed by atoms with van der Waals surface area (Å²) < 4.78 is 2.40. The quantitative estimate of drug-likeness (QED) is 0.146. The van der Waals surface area contributed by atoms with Gasteiger partial charge in [-0.25, -0.2) is 0 Å². The van der Waals surface area contributed by atoms with Gasteiger partial charge in [-0.1, -0.05) is 159 Å². The monoisotopic (exact) mass is 741 g/mol. The maximum absolute atomic E-state index is 4.88. The third-order valence-corrected chi connectivity index (χ3v) is 10.7. The summed E-state index contributed by atoms with van der Waals surface area (Å²) in [5.41, 5.74) is 18.3. The second-order valence-corrected chi connectivity index (χ2v) is 14.4. The highest BCUT2D eigenvalue weighted by Crippen LogP contribution is 2.37. The van der Waals surface area contributed by atoms with Gasteiger partial charge in [0.1, 0.15) is 0 Å². The highest BCUT2D eigenvalue weighted by atomic mass is 15.0. The molecule has 57 heavy (non-hydrogen) atoms. The van der Waals surface area contributed by atoms with E-state index in [1.165, 1.54) is 66.3 Å². The zero-order valence-corrected chi connectivity index (χ0v) is 33.8. The molecule has 0 aliphatic heterocycles. The minimum atomic E-state index is 0.591. The average molecular weight is 742 g/mol. The molecule has 3 heteroatoms. The van der Waals surface area contributed by atoms with Crippen molar-refractivity contribution in [3.8, 4) is 5.69 Å². The molecule has 282 valence electrons. The lowest BCUT2D eigenvalue weighted by molar-refractivity contribution is 1.06. The average Bonchev–Trinajstić information content (AvgIpc) is 3.71. The number of rotatable bonds is 7. The van der Waals surface area contributed by atoms with Gasteiger partial charge in [-0.2, -0.15) is 0 Å². The summed E-state index contributed by atoms with van der Waals surface area (Å²) >= 11 is 0. The minimum Gasteiger partial charge on any atom is -0.309 e. The maximum Gasteiger partial charge on any atom is 0.0748 e. The van der Waals surface area contributed by atoms with Crippen molar-refractivity contribution in [2.75, 3.05) is 0 Å². The number of benzene rings is 6. The Hall–Kier alpha value is -6.58. The van der Waals surface area contributed by atoms with E-state index < -0.39 is 0 Å². The second kappa shape index (κ2) is 17.9. The van der Waals surface area contributed by atoms with E-state index in [1.54, 1.807) is 0 Å². The van der Waals surface area contributed by atoms with Crippen LogP contribution in [0.2, 0.25) is 0 Å². The van der Waals surface area contributed by atoms with Crippen molar-refractivity contribution >= 4 is 51.6 Å². The topological polar surface area (TPSA) is 29.6 Å². The minimum absolute atomic E-state index is 0.591. The number of para-hydroxylation sites is 1. The van der Waals surface area contributed by atoms with E-state index in [-0.39, 0.29) is 0 Å². The van der Waals surface area contributed by atoms with Gasteiger partial charge < -0.3 is 4.57 Å². The van der Waals surface area contributed by atoms with E-state index in [2.05, 4.69) is 183 Å². The van der Waals surface area contributed by atoms with E-state index in [0.29, 0.717) is 6.54 Å². The highest BCUT2D eigenvalue weighted by molar-refractivity contribution is 6.10. The first-order chi connectivity index (χ1) is 28.0. The molecule has 2 aliphatic rings. The molecular weight excluding hydrogens is 691 g/mol. The summed E-state index contributed by atoms with van der Waals surface area (Å²) in [5.74, 6) is 0. The number of nitrogens with zero attached hydrogens (tertiary/aromatic N) is 3. The van der Waals surface area contributed by atoms with Gasteiger partial charge >= 0.3 is 0 Å². The van der Waals surface area contributed by atoms with Gasteiger partial charge in [-0.05, 0) is 103 Å². The maximum atomic E-state index is 4.88. The second-order valence-electron chi connectivity index (χ2n) is 14.4. The van der Waals surface area contributed by atoms with Gasteiger partial charge in [0.05, 0.1) is 23.3 Å². The summed E-state index contributed by atoms with van der Waals surface area (Å²) in [4.78, 5) is 9.21. The van der Waals surface area contributed by atoms with Crippen LogP contribution in [-0.4, -0.2) is 17.5 Å². The van der Waals surface area contributed by atoms with Crippen LogP contribution in [0.15, 0.2) is 185 Å². The number of aromatic nitrogens is 1. The molecule has 0 atom stereocenters. The summed E-state index contributed by atoms with van der Waals surface area (Å²) in [5, 5.41) is 2.51. The normalized spacial score (nSPS) is 13.5. The van der Waals surface area contributed by atoms with Crippen LogP contribution in [0.5, 0.6) is 0 Å². The molecule has 7 aromatic rings. The number of hydrogen-bond acceptors (Lipinski definition) is 2. The summed E-state index contributed by atoms with van der Waals surface area (Å²) in [7, 11) is 0. The lowest BCUT2D eigenvalue weighted by Crippen LogP contribution is -1.96. The molecule has 0 amide bonds. The third kappa shape index (κ3) is 8.34. The zero-order valence-electron chi connectivity index (χ0n) is 33.8. The van der Waals surface area contributed by atoms with Crippen molar-refractivity contribution in [1.82, 2.24) is 4.57 Å². The van der Waals surface area contributed by atoms with Crippen LogP contribution in [0.3, 0.4) is 0 Å². The Kier molecular flexibility index (Phi) is 12.2.